The van der Waals surface area contributed by atoms with Crippen molar-refractivity contribution in [1.29, 1.82) is 0 Å². The van der Waals surface area contributed by atoms with E-state index in [1.165, 1.54) is 0 Å². The lowest BCUT2D eigenvalue weighted by molar-refractivity contribution is -0.143. The van der Waals surface area contributed by atoms with E-state index in [9.17, 15) is 13.6 Å². The number of hydrogen-bond acceptors (Lipinski definition) is 2. The number of fused-ring (bicyclic) bond motifs is 1. The Balaban J connectivity index is 2.06. The molecule has 2 aliphatic rings. The van der Waals surface area contributed by atoms with Gasteiger partial charge >= 0.3 is 5.97 Å². The molecule has 16 heavy (non-hydrogen) atoms. The number of carboxylic acids is 1. The first-order valence-corrected chi connectivity index (χ1v) is 5.80. The first kappa shape index (κ1) is 11.8. The molecule has 0 spiro atoms. The molecule has 1 saturated heterocycles. The van der Waals surface area contributed by atoms with Crippen molar-refractivity contribution in [3.05, 3.63) is 0 Å². The number of halogens is 2. The number of likely N-dealkylation sites (tertiary alicyclic amines) is 1. The molecule has 2 rings (SSSR count). The van der Waals surface area contributed by atoms with Gasteiger partial charge < -0.3 is 5.11 Å². The fourth-order valence-electron chi connectivity index (χ4n) is 3.08. The predicted octanol–water partition coefficient (Wildman–Crippen LogP) is 1.83. The number of hydrogen-bond donors (Lipinski definition) is 1. The molecule has 1 N–H and O–H groups in total. The van der Waals surface area contributed by atoms with Crippen LogP contribution in [0, 0.1) is 11.8 Å². The minimum absolute atomic E-state index is 0.0107. The summed E-state index contributed by atoms with van der Waals surface area (Å²) in [4.78, 5) is 12.7. The number of carbonyl (C=O) groups is 1. The van der Waals surface area contributed by atoms with E-state index in [0.29, 0.717) is 19.4 Å². The van der Waals surface area contributed by atoms with Crippen LogP contribution >= 0.6 is 0 Å². The average Bonchev–Trinajstić information content (AvgIpc) is 2.69. The zero-order valence-electron chi connectivity index (χ0n) is 9.33. The maximum atomic E-state index is 13.5. The van der Waals surface area contributed by atoms with Gasteiger partial charge in [0.1, 0.15) is 6.04 Å². The molecule has 1 aliphatic carbocycles. The van der Waals surface area contributed by atoms with Crippen molar-refractivity contribution in [1.82, 2.24) is 4.90 Å². The zero-order chi connectivity index (χ0) is 11.9. The molecule has 0 aromatic heterocycles. The molecular formula is C11H17F2NO2. The minimum Gasteiger partial charge on any atom is -0.480 e. The molecule has 1 saturated carbocycles. The Morgan fingerprint density at radius 1 is 1.56 bits per heavy atom. The van der Waals surface area contributed by atoms with Crippen LogP contribution in [0.2, 0.25) is 0 Å². The Labute approximate surface area is 93.4 Å². The molecule has 0 unspecified atom stereocenters. The van der Waals surface area contributed by atoms with E-state index >= 15 is 0 Å². The highest BCUT2D eigenvalue weighted by molar-refractivity contribution is 5.73. The highest BCUT2D eigenvalue weighted by atomic mass is 19.3. The Kier molecular flexibility index (Phi) is 2.90. The number of nitrogens with zero attached hydrogens (tertiary/aromatic N) is 1. The molecule has 0 radical (unpaired) electrons. The van der Waals surface area contributed by atoms with E-state index in [2.05, 4.69) is 0 Å². The lowest BCUT2D eigenvalue weighted by Gasteiger charge is -2.25. The van der Waals surface area contributed by atoms with Crippen molar-refractivity contribution in [2.75, 3.05) is 13.1 Å². The topological polar surface area (TPSA) is 40.5 Å². The Bertz CT molecular complexity index is 296. The second-order valence-electron chi connectivity index (χ2n) is 4.88. The van der Waals surface area contributed by atoms with Gasteiger partial charge in [0, 0.05) is 25.4 Å². The summed E-state index contributed by atoms with van der Waals surface area (Å²) in [6.07, 6.45) is 0.977. The van der Waals surface area contributed by atoms with Gasteiger partial charge in [0.25, 0.3) is 5.92 Å². The molecule has 0 aromatic rings. The van der Waals surface area contributed by atoms with Gasteiger partial charge in [0.2, 0.25) is 0 Å². The Morgan fingerprint density at radius 2 is 2.25 bits per heavy atom. The maximum Gasteiger partial charge on any atom is 0.320 e. The fraction of sp³-hybridized carbons (Fsp3) is 0.909. The van der Waals surface area contributed by atoms with Crippen LogP contribution in [0.5, 0.6) is 0 Å². The molecule has 2 fully saturated rings. The van der Waals surface area contributed by atoms with Crippen molar-refractivity contribution in [3.8, 4) is 0 Å². The van der Waals surface area contributed by atoms with E-state index in [-0.39, 0.29) is 18.9 Å². The number of rotatable bonds is 3. The van der Waals surface area contributed by atoms with E-state index in [1.54, 1.807) is 11.8 Å². The van der Waals surface area contributed by atoms with Gasteiger partial charge in [0.05, 0.1) is 0 Å². The third-order valence-corrected chi connectivity index (χ3v) is 3.97. The fourth-order valence-corrected chi connectivity index (χ4v) is 3.08. The number of aliphatic carboxylic acids is 1. The lowest BCUT2D eigenvalue weighted by Crippen LogP contribution is -2.40. The molecule has 1 heterocycles. The van der Waals surface area contributed by atoms with Crippen LogP contribution in [0.1, 0.15) is 26.2 Å². The van der Waals surface area contributed by atoms with Crippen molar-refractivity contribution in [2.24, 2.45) is 11.8 Å². The monoisotopic (exact) mass is 233 g/mol. The number of alkyl halides is 2. The van der Waals surface area contributed by atoms with Gasteiger partial charge in [0.15, 0.2) is 0 Å². The summed E-state index contributed by atoms with van der Waals surface area (Å²) < 4.78 is 26.9. The zero-order valence-corrected chi connectivity index (χ0v) is 9.33. The summed E-state index contributed by atoms with van der Waals surface area (Å²) in [6.45, 7) is 2.54. The smallest absolute Gasteiger partial charge is 0.320 e. The minimum atomic E-state index is -2.59. The van der Waals surface area contributed by atoms with Crippen molar-refractivity contribution >= 4 is 5.97 Å². The molecule has 0 bridgehead atoms. The van der Waals surface area contributed by atoms with Crippen LogP contribution in [0.3, 0.4) is 0 Å². The van der Waals surface area contributed by atoms with Crippen LogP contribution in [-0.2, 0) is 4.79 Å². The van der Waals surface area contributed by atoms with E-state index in [4.69, 9.17) is 5.11 Å². The summed E-state index contributed by atoms with van der Waals surface area (Å²) in [6, 6.07) is -0.596. The summed E-state index contributed by atoms with van der Waals surface area (Å²) in [5.41, 5.74) is 0. The molecule has 0 amide bonds. The molecule has 5 heteroatoms. The highest BCUT2D eigenvalue weighted by Gasteiger charge is 2.54. The first-order valence-electron chi connectivity index (χ1n) is 5.80. The SMILES string of the molecule is CC[C@H](C(=O)O)N1C[C@H]2CCC(F)(F)[C@@H]2C1. The van der Waals surface area contributed by atoms with Crippen molar-refractivity contribution < 1.29 is 18.7 Å². The summed E-state index contributed by atoms with van der Waals surface area (Å²) in [7, 11) is 0. The largest absolute Gasteiger partial charge is 0.480 e. The van der Waals surface area contributed by atoms with Gasteiger partial charge in [-0.2, -0.15) is 0 Å². The van der Waals surface area contributed by atoms with E-state index in [1.807, 2.05) is 0 Å². The standard InChI is InChI=1S/C11H17F2NO2/c1-2-9(10(15)16)14-5-7-3-4-11(12,13)8(7)6-14/h7-9H,2-6H2,1H3,(H,15,16)/t7-,8-,9-/m1/s1. The maximum absolute atomic E-state index is 13.5. The summed E-state index contributed by atoms with van der Waals surface area (Å²) in [5.74, 6) is -4.12. The van der Waals surface area contributed by atoms with Crippen molar-refractivity contribution in [2.45, 2.75) is 38.2 Å². The number of carboxylic acid groups (broad SMARTS) is 1. The second kappa shape index (κ2) is 3.95. The second-order valence-corrected chi connectivity index (χ2v) is 4.88. The normalized spacial score (nSPS) is 34.9. The van der Waals surface area contributed by atoms with Crippen LogP contribution in [0.4, 0.5) is 8.78 Å². The molecule has 3 nitrogen and oxygen atoms in total. The Hall–Kier alpha value is -0.710. The molecule has 0 aromatic carbocycles. The van der Waals surface area contributed by atoms with Gasteiger partial charge in [-0.05, 0) is 18.8 Å². The van der Waals surface area contributed by atoms with Crippen LogP contribution in [0.15, 0.2) is 0 Å². The highest BCUT2D eigenvalue weighted by Crippen LogP contribution is 2.48. The lowest BCUT2D eigenvalue weighted by atomic mass is 9.99. The van der Waals surface area contributed by atoms with Crippen molar-refractivity contribution in [3.63, 3.8) is 0 Å². The summed E-state index contributed by atoms with van der Waals surface area (Å²) >= 11 is 0. The molecular weight excluding hydrogens is 216 g/mol. The van der Waals surface area contributed by atoms with Gasteiger partial charge in [-0.1, -0.05) is 6.92 Å². The molecule has 1 aliphatic heterocycles. The van der Waals surface area contributed by atoms with E-state index in [0.717, 1.165) is 0 Å². The Morgan fingerprint density at radius 3 is 2.75 bits per heavy atom. The third kappa shape index (κ3) is 1.81. The van der Waals surface area contributed by atoms with Gasteiger partial charge in [-0.3, -0.25) is 9.69 Å². The van der Waals surface area contributed by atoms with Crippen LogP contribution in [0.25, 0.3) is 0 Å². The first-order chi connectivity index (χ1) is 7.45. The van der Waals surface area contributed by atoms with E-state index < -0.39 is 23.9 Å². The predicted molar refractivity (Wildman–Crippen MR) is 54.4 cm³/mol. The van der Waals surface area contributed by atoms with Gasteiger partial charge in [-0.15, -0.1) is 0 Å². The third-order valence-electron chi connectivity index (χ3n) is 3.97. The van der Waals surface area contributed by atoms with Crippen LogP contribution < -0.4 is 0 Å². The molecule has 3 atom stereocenters. The quantitative estimate of drug-likeness (QED) is 0.808. The summed E-state index contributed by atoms with van der Waals surface area (Å²) in [5, 5.41) is 9.00. The molecule has 92 valence electrons. The van der Waals surface area contributed by atoms with Gasteiger partial charge in [-0.25, -0.2) is 8.78 Å². The van der Waals surface area contributed by atoms with Crippen LogP contribution in [-0.4, -0.2) is 41.0 Å². The average molecular weight is 233 g/mol.